The minimum atomic E-state index is -0.289. The van der Waals surface area contributed by atoms with Gasteiger partial charge in [0, 0.05) is 30.6 Å². The minimum absolute atomic E-state index is 0. The van der Waals surface area contributed by atoms with E-state index in [1.807, 2.05) is 43.8 Å². The van der Waals surface area contributed by atoms with E-state index >= 15 is 0 Å². The topological polar surface area (TPSA) is 74.3 Å². The lowest BCUT2D eigenvalue weighted by molar-refractivity contribution is -0.146. The molecule has 0 spiro atoms. The van der Waals surface area contributed by atoms with E-state index in [1.54, 1.807) is 6.92 Å². The molecule has 0 atom stereocenters. The van der Waals surface area contributed by atoms with E-state index in [2.05, 4.69) is 13.0 Å². The predicted octanol–water partition coefficient (Wildman–Crippen LogP) is 3.28. The molecule has 1 heterocycles. The Hall–Kier alpha value is -2.01. The molecule has 0 bridgehead atoms. The van der Waals surface area contributed by atoms with Crippen molar-refractivity contribution in [3.05, 3.63) is 35.5 Å². The van der Waals surface area contributed by atoms with E-state index in [0.29, 0.717) is 12.8 Å². The summed E-state index contributed by atoms with van der Waals surface area (Å²) in [4.78, 5) is 21.3. The summed E-state index contributed by atoms with van der Waals surface area (Å²) in [5.41, 5.74) is 8.57. The van der Waals surface area contributed by atoms with E-state index in [4.69, 9.17) is 10.5 Å². The third-order valence-corrected chi connectivity index (χ3v) is 3.25. The van der Waals surface area contributed by atoms with Crippen molar-refractivity contribution in [3.63, 3.8) is 0 Å². The number of aromatic nitrogens is 1. The molecular formula is C18H27ClN2O3. The number of carbonyl (C=O) groups is 2. The third kappa shape index (κ3) is 6.62. The number of primary amides is 1. The highest BCUT2D eigenvalue weighted by atomic mass is 35.5. The molecule has 0 saturated carbocycles. The summed E-state index contributed by atoms with van der Waals surface area (Å²) in [7, 11) is 1.98. The van der Waals surface area contributed by atoms with Crippen LogP contribution in [0.4, 0.5) is 0 Å². The number of esters is 1. The number of ether oxygens (including phenoxy) is 1. The lowest BCUT2D eigenvalue weighted by Gasteiger charge is -2.04. The Morgan fingerprint density at radius 2 is 1.92 bits per heavy atom. The number of nitrogens with two attached hydrogens (primary N) is 1. The molecule has 0 radical (unpaired) electrons. The quantitative estimate of drug-likeness (QED) is 0.856. The van der Waals surface area contributed by atoms with Crippen LogP contribution in [-0.2, 0) is 27.8 Å². The van der Waals surface area contributed by atoms with Gasteiger partial charge in [-0.1, -0.05) is 19.1 Å². The molecule has 2 aromatic rings. The Balaban J connectivity index is 0.000000510. The molecular weight excluding hydrogens is 328 g/mol. The molecule has 1 aromatic carbocycles. The van der Waals surface area contributed by atoms with Crippen LogP contribution >= 0.6 is 12.4 Å². The largest absolute Gasteiger partial charge is 0.463 e. The fourth-order valence-corrected chi connectivity index (χ4v) is 2.25. The highest BCUT2D eigenvalue weighted by molar-refractivity contribution is 5.89. The second-order valence-electron chi connectivity index (χ2n) is 5.82. The Labute approximate surface area is 149 Å². The number of carbonyl (C=O) groups excluding carboxylic acids is 2. The molecule has 0 fully saturated rings. The van der Waals surface area contributed by atoms with Gasteiger partial charge in [-0.05, 0) is 38.0 Å². The van der Waals surface area contributed by atoms with Crippen molar-refractivity contribution in [1.82, 2.24) is 4.57 Å². The first-order chi connectivity index (χ1) is 10.7. The molecule has 6 heteroatoms. The van der Waals surface area contributed by atoms with Crippen molar-refractivity contribution in [2.24, 2.45) is 12.8 Å². The highest BCUT2D eigenvalue weighted by Gasteiger charge is 2.08. The second kappa shape index (κ2) is 9.98. The summed E-state index contributed by atoms with van der Waals surface area (Å²) >= 11 is 0. The minimum Gasteiger partial charge on any atom is -0.463 e. The van der Waals surface area contributed by atoms with E-state index in [1.165, 1.54) is 5.56 Å². The Kier molecular flexibility index (Phi) is 9.14. The molecule has 24 heavy (non-hydrogen) atoms. The summed E-state index contributed by atoms with van der Waals surface area (Å²) in [5, 5.41) is 1.11. The lowest BCUT2D eigenvalue weighted by Crippen LogP contribution is -2.13. The van der Waals surface area contributed by atoms with Crippen LogP contribution in [0.1, 0.15) is 38.3 Å². The molecule has 0 unspecified atom stereocenters. The van der Waals surface area contributed by atoms with E-state index in [0.717, 1.165) is 16.5 Å². The van der Waals surface area contributed by atoms with Crippen LogP contribution in [0, 0.1) is 6.92 Å². The first kappa shape index (κ1) is 22.0. The van der Waals surface area contributed by atoms with Crippen molar-refractivity contribution < 1.29 is 14.3 Å². The zero-order valence-electron chi connectivity index (χ0n) is 15.0. The van der Waals surface area contributed by atoms with Gasteiger partial charge in [-0.15, -0.1) is 12.4 Å². The van der Waals surface area contributed by atoms with Crippen LogP contribution in [-0.4, -0.2) is 22.5 Å². The number of hydrogen-bond donors (Lipinski definition) is 1. The van der Waals surface area contributed by atoms with Gasteiger partial charge >= 0.3 is 5.97 Å². The Morgan fingerprint density at radius 3 is 2.38 bits per heavy atom. The fraction of sp³-hybridized carbons (Fsp3) is 0.444. The molecule has 2 rings (SSSR count). The SMILES string of the molecule is CCC(=O)OC(C)C.Cc1ccc2c(CC(N)=O)cn(C)c2c1.Cl. The van der Waals surface area contributed by atoms with Gasteiger partial charge in [0.05, 0.1) is 12.5 Å². The third-order valence-electron chi connectivity index (χ3n) is 3.25. The molecule has 0 aliphatic carbocycles. The van der Waals surface area contributed by atoms with Gasteiger partial charge in [0.1, 0.15) is 0 Å². The van der Waals surface area contributed by atoms with Crippen molar-refractivity contribution in [2.45, 2.75) is 46.6 Å². The molecule has 1 aromatic heterocycles. The molecule has 5 nitrogen and oxygen atoms in total. The zero-order chi connectivity index (χ0) is 17.6. The normalized spacial score (nSPS) is 9.92. The van der Waals surface area contributed by atoms with Crippen LogP contribution in [0.3, 0.4) is 0 Å². The van der Waals surface area contributed by atoms with Gasteiger partial charge in [-0.3, -0.25) is 9.59 Å². The highest BCUT2D eigenvalue weighted by Crippen LogP contribution is 2.22. The summed E-state index contributed by atoms with van der Waals surface area (Å²) in [6, 6.07) is 6.20. The summed E-state index contributed by atoms with van der Waals surface area (Å²) < 4.78 is 6.79. The van der Waals surface area contributed by atoms with Crippen LogP contribution in [0.2, 0.25) is 0 Å². The summed E-state index contributed by atoms with van der Waals surface area (Å²) in [6.45, 7) is 7.52. The van der Waals surface area contributed by atoms with Gasteiger partial charge in [-0.2, -0.15) is 0 Å². The van der Waals surface area contributed by atoms with Gasteiger partial charge in [0.25, 0.3) is 0 Å². The van der Waals surface area contributed by atoms with Gasteiger partial charge in [-0.25, -0.2) is 0 Å². The lowest BCUT2D eigenvalue weighted by atomic mass is 10.1. The zero-order valence-corrected chi connectivity index (χ0v) is 15.8. The van der Waals surface area contributed by atoms with Crippen LogP contribution in [0.15, 0.2) is 24.4 Å². The fourth-order valence-electron chi connectivity index (χ4n) is 2.25. The maximum absolute atomic E-state index is 10.9. The van der Waals surface area contributed by atoms with Crippen LogP contribution in [0.25, 0.3) is 10.9 Å². The van der Waals surface area contributed by atoms with Crippen molar-refractivity contribution in [2.75, 3.05) is 0 Å². The molecule has 2 N–H and O–H groups in total. The van der Waals surface area contributed by atoms with Crippen molar-refractivity contribution >= 4 is 35.2 Å². The Morgan fingerprint density at radius 1 is 1.29 bits per heavy atom. The number of fused-ring (bicyclic) bond motifs is 1. The van der Waals surface area contributed by atoms with Gasteiger partial charge in [0.15, 0.2) is 0 Å². The van der Waals surface area contributed by atoms with Crippen LogP contribution < -0.4 is 5.73 Å². The molecule has 0 saturated heterocycles. The first-order valence-corrected chi connectivity index (χ1v) is 7.76. The average molecular weight is 355 g/mol. The maximum atomic E-state index is 10.9. The smallest absolute Gasteiger partial charge is 0.305 e. The number of benzene rings is 1. The number of hydrogen-bond acceptors (Lipinski definition) is 3. The molecule has 1 amide bonds. The van der Waals surface area contributed by atoms with E-state index in [-0.39, 0.29) is 30.4 Å². The maximum Gasteiger partial charge on any atom is 0.305 e. The summed E-state index contributed by atoms with van der Waals surface area (Å²) in [5.74, 6) is -0.414. The van der Waals surface area contributed by atoms with Gasteiger partial charge < -0.3 is 15.0 Å². The van der Waals surface area contributed by atoms with E-state index < -0.39 is 0 Å². The number of aryl methyl sites for hydroxylation is 2. The van der Waals surface area contributed by atoms with E-state index in [9.17, 15) is 9.59 Å². The predicted molar refractivity (Wildman–Crippen MR) is 99.3 cm³/mol. The first-order valence-electron chi connectivity index (χ1n) is 7.76. The van der Waals surface area contributed by atoms with Gasteiger partial charge in [0.2, 0.25) is 5.91 Å². The summed E-state index contributed by atoms with van der Waals surface area (Å²) in [6.07, 6.45) is 2.77. The van der Waals surface area contributed by atoms with Crippen molar-refractivity contribution in [1.29, 1.82) is 0 Å². The van der Waals surface area contributed by atoms with Crippen molar-refractivity contribution in [3.8, 4) is 0 Å². The number of halogens is 1. The number of nitrogens with zero attached hydrogens (tertiary/aromatic N) is 1. The monoisotopic (exact) mass is 354 g/mol. The average Bonchev–Trinajstić information content (AvgIpc) is 2.74. The second-order valence-corrected chi connectivity index (χ2v) is 5.82. The molecule has 134 valence electrons. The number of amides is 1. The Bertz CT molecular complexity index is 693. The molecule has 0 aliphatic rings. The standard InChI is InChI=1S/C12H14N2O.C6H12O2.ClH/c1-8-3-4-10-9(6-12(13)15)7-14(2)11(10)5-8;1-4-6(7)8-5(2)3;/h3-5,7H,6H2,1-2H3,(H2,13,15);5H,4H2,1-3H3;1H. The number of rotatable bonds is 4. The molecule has 0 aliphatic heterocycles. The van der Waals surface area contributed by atoms with Crippen LogP contribution in [0.5, 0.6) is 0 Å².